The Morgan fingerprint density at radius 1 is 1.64 bits per heavy atom. The number of fused-ring (bicyclic) bond motifs is 1. The third kappa shape index (κ3) is 1.30. The van der Waals surface area contributed by atoms with Crippen LogP contribution in [0.25, 0.3) is 0 Å². The van der Waals surface area contributed by atoms with Crippen LogP contribution in [0.4, 0.5) is 0 Å². The molecular formula is C8H7NS2. The topological polar surface area (TPSA) is 12.9 Å². The monoisotopic (exact) mass is 181 g/mol. The summed E-state index contributed by atoms with van der Waals surface area (Å²) in [6, 6.07) is 2.15. The first-order chi connectivity index (χ1) is 5.25. The van der Waals surface area contributed by atoms with Gasteiger partial charge in [0.1, 0.15) is 0 Å². The second-order valence-electron chi connectivity index (χ2n) is 2.61. The highest BCUT2D eigenvalue weighted by molar-refractivity contribution is 8.23. The first-order valence-electron chi connectivity index (χ1n) is 3.42. The molecule has 0 aromatic carbocycles. The number of hydrogen-bond acceptors (Lipinski definition) is 3. The van der Waals surface area contributed by atoms with Crippen molar-refractivity contribution in [2.75, 3.05) is 0 Å². The molecule has 0 fully saturated rings. The van der Waals surface area contributed by atoms with E-state index >= 15 is 0 Å². The van der Waals surface area contributed by atoms with Gasteiger partial charge in [0.25, 0.3) is 0 Å². The van der Waals surface area contributed by atoms with Crippen molar-refractivity contribution >= 4 is 28.2 Å². The minimum atomic E-state index is 0.871. The molecule has 0 saturated heterocycles. The number of hydrogen-bond donors (Lipinski definition) is 0. The first kappa shape index (κ1) is 7.25. The zero-order valence-electron chi connectivity index (χ0n) is 6.13. The lowest BCUT2D eigenvalue weighted by Gasteiger charge is -1.95. The van der Waals surface area contributed by atoms with E-state index in [9.17, 15) is 0 Å². The van der Waals surface area contributed by atoms with Crippen LogP contribution in [0, 0.1) is 6.92 Å². The molecule has 0 N–H and O–H groups in total. The smallest absolute Gasteiger partial charge is 0.0600 e. The van der Waals surface area contributed by atoms with Crippen molar-refractivity contribution in [2.24, 2.45) is 0 Å². The van der Waals surface area contributed by atoms with Crippen LogP contribution in [-0.4, -0.2) is 9.18 Å². The summed E-state index contributed by atoms with van der Waals surface area (Å²) < 4.78 is 1.04. The van der Waals surface area contributed by atoms with Crippen molar-refractivity contribution in [3.05, 3.63) is 23.5 Å². The number of aromatic nitrogens is 1. The summed E-state index contributed by atoms with van der Waals surface area (Å²) in [4.78, 5) is 5.55. The van der Waals surface area contributed by atoms with Crippen molar-refractivity contribution in [1.29, 1.82) is 0 Å². The van der Waals surface area contributed by atoms with Crippen LogP contribution in [0.3, 0.4) is 0 Å². The molecule has 0 aliphatic carbocycles. The van der Waals surface area contributed by atoms with E-state index in [4.69, 9.17) is 12.2 Å². The first-order valence-corrected chi connectivity index (χ1v) is 4.64. The van der Waals surface area contributed by atoms with Gasteiger partial charge in [0.2, 0.25) is 0 Å². The Kier molecular flexibility index (Phi) is 1.69. The zero-order chi connectivity index (χ0) is 7.84. The van der Waals surface area contributed by atoms with Crippen molar-refractivity contribution in [3.8, 4) is 0 Å². The fourth-order valence-electron chi connectivity index (χ4n) is 1.09. The highest BCUT2D eigenvalue weighted by Crippen LogP contribution is 2.32. The molecule has 0 bridgehead atoms. The molecule has 0 unspecified atom stereocenters. The number of rotatable bonds is 0. The normalized spacial score (nSPS) is 15.2. The summed E-state index contributed by atoms with van der Waals surface area (Å²) in [5, 5.41) is 0. The Hall–Kier alpha value is -0.410. The van der Waals surface area contributed by atoms with Gasteiger partial charge < -0.3 is 0 Å². The maximum atomic E-state index is 5.09. The molecule has 2 rings (SSSR count). The maximum Gasteiger partial charge on any atom is 0.0600 e. The molecule has 0 radical (unpaired) electrons. The van der Waals surface area contributed by atoms with Gasteiger partial charge in [-0.05, 0) is 18.6 Å². The van der Waals surface area contributed by atoms with Gasteiger partial charge in [-0.25, -0.2) is 0 Å². The van der Waals surface area contributed by atoms with Crippen LogP contribution >= 0.6 is 24.0 Å². The van der Waals surface area contributed by atoms with Gasteiger partial charge in [-0.2, -0.15) is 0 Å². The van der Waals surface area contributed by atoms with E-state index < -0.39 is 0 Å². The summed E-state index contributed by atoms with van der Waals surface area (Å²) in [6.45, 7) is 2.05. The Morgan fingerprint density at radius 2 is 2.45 bits per heavy atom. The Bertz CT molecular complexity index is 320. The van der Waals surface area contributed by atoms with Crippen molar-refractivity contribution < 1.29 is 0 Å². The minimum absolute atomic E-state index is 0.871. The largest absolute Gasteiger partial charge is 0.259 e. The van der Waals surface area contributed by atoms with E-state index in [1.165, 1.54) is 10.5 Å². The number of pyridine rings is 1. The standard InChI is InChI=1S/C8H7NS2/c1-5-2-7-6(9-4-5)3-8(10)11-7/h2,4H,3H2,1H3. The van der Waals surface area contributed by atoms with Gasteiger partial charge in [0, 0.05) is 17.5 Å². The molecule has 1 aromatic heterocycles. The zero-order valence-corrected chi connectivity index (χ0v) is 7.76. The molecule has 0 saturated carbocycles. The lowest BCUT2D eigenvalue weighted by Crippen LogP contribution is -1.88. The molecule has 1 aliphatic heterocycles. The molecule has 0 amide bonds. The quantitative estimate of drug-likeness (QED) is 0.570. The Labute approximate surface area is 75.2 Å². The third-order valence-electron chi connectivity index (χ3n) is 1.60. The SMILES string of the molecule is Cc1cnc2c(c1)SC(=S)C2. The van der Waals surface area contributed by atoms with Gasteiger partial charge in [-0.15, -0.1) is 0 Å². The molecule has 56 valence electrons. The molecule has 3 heteroatoms. The Morgan fingerprint density at radius 3 is 3.27 bits per heavy atom. The summed E-state index contributed by atoms with van der Waals surface area (Å²) in [7, 11) is 0. The van der Waals surface area contributed by atoms with Crippen LogP contribution < -0.4 is 0 Å². The fourth-order valence-corrected chi connectivity index (χ4v) is 2.44. The molecule has 0 atom stereocenters. The summed E-state index contributed by atoms with van der Waals surface area (Å²) in [5.41, 5.74) is 2.35. The van der Waals surface area contributed by atoms with Gasteiger partial charge in [0.05, 0.1) is 9.89 Å². The Balaban J connectivity index is 2.51. The van der Waals surface area contributed by atoms with Gasteiger partial charge in [-0.1, -0.05) is 24.0 Å². The van der Waals surface area contributed by atoms with E-state index in [0.717, 1.165) is 16.3 Å². The lowest BCUT2D eigenvalue weighted by molar-refractivity contribution is 1.07. The molecule has 0 spiro atoms. The van der Waals surface area contributed by atoms with Crippen LogP contribution in [-0.2, 0) is 6.42 Å². The van der Waals surface area contributed by atoms with E-state index in [2.05, 4.69) is 18.0 Å². The minimum Gasteiger partial charge on any atom is -0.259 e. The van der Waals surface area contributed by atoms with Gasteiger partial charge in [-0.3, -0.25) is 4.98 Å². The van der Waals surface area contributed by atoms with Crippen LogP contribution in [0.15, 0.2) is 17.2 Å². The number of thiocarbonyl (C=S) groups is 1. The highest BCUT2D eigenvalue weighted by atomic mass is 32.2. The number of nitrogens with zero attached hydrogens (tertiary/aromatic N) is 1. The van der Waals surface area contributed by atoms with E-state index in [1.807, 2.05) is 6.20 Å². The predicted octanol–water partition coefficient (Wildman–Crippen LogP) is 2.37. The maximum absolute atomic E-state index is 5.09. The second kappa shape index (κ2) is 2.57. The lowest BCUT2D eigenvalue weighted by atomic mass is 10.2. The average molecular weight is 181 g/mol. The van der Waals surface area contributed by atoms with Crippen molar-refractivity contribution in [1.82, 2.24) is 4.98 Å². The summed E-state index contributed by atoms with van der Waals surface area (Å²) in [6.07, 6.45) is 2.77. The average Bonchev–Trinajstić information content (AvgIpc) is 2.27. The highest BCUT2D eigenvalue weighted by Gasteiger charge is 2.16. The second-order valence-corrected chi connectivity index (χ2v) is 4.50. The van der Waals surface area contributed by atoms with Crippen LogP contribution in [0.2, 0.25) is 0 Å². The molecule has 11 heavy (non-hydrogen) atoms. The van der Waals surface area contributed by atoms with Gasteiger partial charge in [0.15, 0.2) is 0 Å². The number of thioether (sulfide) groups is 1. The molecular weight excluding hydrogens is 174 g/mol. The summed E-state index contributed by atoms with van der Waals surface area (Å²) >= 11 is 6.76. The van der Waals surface area contributed by atoms with Crippen LogP contribution in [0.1, 0.15) is 11.3 Å². The third-order valence-corrected chi connectivity index (χ3v) is 2.94. The fraction of sp³-hybridized carbons (Fsp3) is 0.250. The van der Waals surface area contributed by atoms with Crippen molar-refractivity contribution in [2.45, 2.75) is 18.2 Å². The van der Waals surface area contributed by atoms with Crippen LogP contribution in [0.5, 0.6) is 0 Å². The van der Waals surface area contributed by atoms with Crippen molar-refractivity contribution in [3.63, 3.8) is 0 Å². The molecule has 1 aromatic rings. The molecule has 1 aliphatic rings. The van der Waals surface area contributed by atoms with E-state index in [-0.39, 0.29) is 0 Å². The van der Waals surface area contributed by atoms with Gasteiger partial charge >= 0.3 is 0 Å². The number of aryl methyl sites for hydroxylation is 1. The predicted molar refractivity (Wildman–Crippen MR) is 51.1 cm³/mol. The van der Waals surface area contributed by atoms with E-state index in [0.29, 0.717) is 0 Å². The molecule has 1 nitrogen and oxygen atoms in total. The summed E-state index contributed by atoms with van der Waals surface area (Å²) in [5.74, 6) is 0. The molecule has 2 heterocycles. The van der Waals surface area contributed by atoms with E-state index in [1.54, 1.807) is 11.8 Å².